The Labute approximate surface area is 109 Å². The molecule has 0 saturated carbocycles. The first-order valence-corrected chi connectivity index (χ1v) is 7.21. The largest absolute Gasteiger partial charge is 0.311 e. The maximum Gasteiger partial charge on any atom is 0.0997 e. The van der Waals surface area contributed by atoms with E-state index in [-0.39, 0.29) is 0 Å². The van der Waals surface area contributed by atoms with Crippen molar-refractivity contribution in [2.24, 2.45) is 5.92 Å². The van der Waals surface area contributed by atoms with Crippen LogP contribution in [0.25, 0.3) is 0 Å². The first kappa shape index (κ1) is 12.1. The number of likely N-dealkylation sites (tertiary alicyclic amines) is 1. The van der Waals surface area contributed by atoms with Crippen molar-refractivity contribution >= 4 is 0 Å². The van der Waals surface area contributed by atoms with E-state index in [1.54, 1.807) is 0 Å². The van der Waals surface area contributed by atoms with Gasteiger partial charge in [-0.1, -0.05) is 12.1 Å². The normalized spacial score (nSPS) is 22.1. The summed E-state index contributed by atoms with van der Waals surface area (Å²) in [5.41, 5.74) is 2.53. The average molecular weight is 249 g/mol. The maximum atomic E-state index is 4.34. The van der Waals surface area contributed by atoms with Crippen LogP contribution in [0.2, 0.25) is 0 Å². The Kier molecular flexibility index (Phi) is 3.61. The van der Waals surface area contributed by atoms with Gasteiger partial charge >= 0.3 is 0 Å². The van der Waals surface area contributed by atoms with Gasteiger partial charge in [0, 0.05) is 26.1 Å². The summed E-state index contributed by atoms with van der Waals surface area (Å²) in [5.74, 6) is 0.786. The SMILES string of the molecule is CCN1CCC(Cn2nnc3c2CCNC3)CC1. The molecule has 0 spiro atoms. The third-order valence-corrected chi connectivity index (χ3v) is 4.33. The van der Waals surface area contributed by atoms with Crippen LogP contribution in [0.4, 0.5) is 0 Å². The number of hydrogen-bond acceptors (Lipinski definition) is 4. The lowest BCUT2D eigenvalue weighted by atomic mass is 9.96. The number of piperidine rings is 1. The Morgan fingerprint density at radius 3 is 2.94 bits per heavy atom. The third kappa shape index (κ3) is 2.42. The van der Waals surface area contributed by atoms with E-state index in [1.807, 2.05) is 0 Å². The fraction of sp³-hybridized carbons (Fsp3) is 0.846. The average Bonchev–Trinajstić information content (AvgIpc) is 2.83. The fourth-order valence-electron chi connectivity index (χ4n) is 3.07. The van der Waals surface area contributed by atoms with Crippen molar-refractivity contribution in [3.8, 4) is 0 Å². The van der Waals surface area contributed by atoms with Gasteiger partial charge in [0.05, 0.1) is 11.4 Å². The first-order valence-electron chi connectivity index (χ1n) is 7.21. The summed E-state index contributed by atoms with van der Waals surface area (Å²) in [6, 6.07) is 0. The van der Waals surface area contributed by atoms with Gasteiger partial charge in [-0.05, 0) is 38.4 Å². The van der Waals surface area contributed by atoms with Crippen LogP contribution in [0.5, 0.6) is 0 Å². The lowest BCUT2D eigenvalue weighted by molar-refractivity contribution is 0.176. The first-order chi connectivity index (χ1) is 8.86. The second-order valence-electron chi connectivity index (χ2n) is 5.47. The van der Waals surface area contributed by atoms with E-state index in [2.05, 4.69) is 32.1 Å². The standard InChI is InChI=1S/C13H23N5/c1-2-17-7-4-11(5-8-17)10-18-13-3-6-14-9-12(13)15-16-18/h11,14H,2-10H2,1H3. The van der Waals surface area contributed by atoms with Crippen molar-refractivity contribution in [2.45, 2.75) is 39.3 Å². The van der Waals surface area contributed by atoms with Gasteiger partial charge in [-0.15, -0.1) is 5.10 Å². The van der Waals surface area contributed by atoms with Crippen molar-refractivity contribution in [1.29, 1.82) is 0 Å². The van der Waals surface area contributed by atoms with Gasteiger partial charge in [-0.25, -0.2) is 4.68 Å². The molecule has 5 nitrogen and oxygen atoms in total. The van der Waals surface area contributed by atoms with E-state index in [4.69, 9.17) is 0 Å². The Balaban J connectivity index is 1.61. The second-order valence-corrected chi connectivity index (χ2v) is 5.47. The summed E-state index contributed by atoms with van der Waals surface area (Å²) in [6.07, 6.45) is 3.69. The number of hydrogen-bond donors (Lipinski definition) is 1. The Morgan fingerprint density at radius 2 is 2.17 bits per heavy atom. The lowest BCUT2D eigenvalue weighted by Crippen LogP contribution is -2.35. The maximum absolute atomic E-state index is 4.34. The highest BCUT2D eigenvalue weighted by molar-refractivity contribution is 5.13. The smallest absolute Gasteiger partial charge is 0.0997 e. The summed E-state index contributed by atoms with van der Waals surface area (Å²) in [7, 11) is 0. The quantitative estimate of drug-likeness (QED) is 0.854. The minimum Gasteiger partial charge on any atom is -0.311 e. The molecule has 1 N–H and O–H groups in total. The van der Waals surface area contributed by atoms with Crippen molar-refractivity contribution < 1.29 is 0 Å². The molecule has 2 aliphatic rings. The molecule has 1 saturated heterocycles. The van der Waals surface area contributed by atoms with Crippen LogP contribution in [0, 0.1) is 5.92 Å². The van der Waals surface area contributed by atoms with Crippen LogP contribution in [0.15, 0.2) is 0 Å². The monoisotopic (exact) mass is 249 g/mol. The molecule has 0 bridgehead atoms. The Bertz CT molecular complexity index is 392. The van der Waals surface area contributed by atoms with Crippen LogP contribution >= 0.6 is 0 Å². The lowest BCUT2D eigenvalue weighted by Gasteiger charge is -2.31. The zero-order chi connectivity index (χ0) is 12.4. The molecule has 1 aromatic rings. The third-order valence-electron chi connectivity index (χ3n) is 4.33. The molecule has 0 amide bonds. The molecule has 0 aromatic carbocycles. The molecule has 2 aliphatic heterocycles. The summed E-state index contributed by atoms with van der Waals surface area (Å²) in [6.45, 7) is 8.97. The van der Waals surface area contributed by atoms with Gasteiger partial charge < -0.3 is 10.2 Å². The van der Waals surface area contributed by atoms with Crippen molar-refractivity contribution in [2.75, 3.05) is 26.2 Å². The molecule has 18 heavy (non-hydrogen) atoms. The van der Waals surface area contributed by atoms with Crippen LogP contribution in [0.3, 0.4) is 0 Å². The summed E-state index contributed by atoms with van der Waals surface area (Å²) in [4.78, 5) is 2.54. The molecule has 1 fully saturated rings. The molecule has 0 atom stereocenters. The molecule has 3 heterocycles. The summed E-state index contributed by atoms with van der Waals surface area (Å²) >= 11 is 0. The Hall–Kier alpha value is -0.940. The molecular formula is C13H23N5. The van der Waals surface area contributed by atoms with Gasteiger partial charge in [-0.2, -0.15) is 0 Å². The van der Waals surface area contributed by atoms with E-state index >= 15 is 0 Å². The molecule has 0 aliphatic carbocycles. The van der Waals surface area contributed by atoms with E-state index in [1.165, 1.54) is 38.2 Å². The van der Waals surface area contributed by atoms with Crippen LogP contribution < -0.4 is 5.32 Å². The van der Waals surface area contributed by atoms with Gasteiger partial charge in [-0.3, -0.25) is 0 Å². The predicted molar refractivity (Wildman–Crippen MR) is 70.3 cm³/mol. The fourth-order valence-corrected chi connectivity index (χ4v) is 3.07. The molecule has 100 valence electrons. The Morgan fingerprint density at radius 1 is 1.33 bits per heavy atom. The van der Waals surface area contributed by atoms with Crippen LogP contribution in [-0.2, 0) is 19.5 Å². The van der Waals surface area contributed by atoms with Gasteiger partial charge in [0.1, 0.15) is 0 Å². The molecule has 3 rings (SSSR count). The highest BCUT2D eigenvalue weighted by Gasteiger charge is 2.22. The number of nitrogens with zero attached hydrogens (tertiary/aromatic N) is 4. The van der Waals surface area contributed by atoms with Gasteiger partial charge in [0.25, 0.3) is 0 Å². The molecular weight excluding hydrogens is 226 g/mol. The van der Waals surface area contributed by atoms with Gasteiger partial charge in [0.15, 0.2) is 0 Å². The molecule has 0 unspecified atom stereocenters. The second kappa shape index (κ2) is 5.36. The number of fused-ring (bicyclic) bond motifs is 1. The summed E-state index contributed by atoms with van der Waals surface area (Å²) < 4.78 is 2.17. The number of aromatic nitrogens is 3. The highest BCUT2D eigenvalue weighted by Crippen LogP contribution is 2.20. The summed E-state index contributed by atoms with van der Waals surface area (Å²) in [5, 5.41) is 12.0. The number of nitrogens with one attached hydrogen (secondary N) is 1. The van der Waals surface area contributed by atoms with Crippen LogP contribution in [0.1, 0.15) is 31.2 Å². The zero-order valence-electron chi connectivity index (χ0n) is 11.2. The minimum absolute atomic E-state index is 0.786. The highest BCUT2D eigenvalue weighted by atomic mass is 15.4. The van der Waals surface area contributed by atoms with Crippen LogP contribution in [-0.4, -0.2) is 46.1 Å². The van der Waals surface area contributed by atoms with E-state index in [0.29, 0.717) is 0 Å². The number of rotatable bonds is 3. The van der Waals surface area contributed by atoms with E-state index < -0.39 is 0 Å². The van der Waals surface area contributed by atoms with E-state index in [9.17, 15) is 0 Å². The van der Waals surface area contributed by atoms with Gasteiger partial charge in [0.2, 0.25) is 0 Å². The topological polar surface area (TPSA) is 46.0 Å². The predicted octanol–water partition coefficient (Wildman–Crippen LogP) is 0.656. The minimum atomic E-state index is 0.786. The van der Waals surface area contributed by atoms with E-state index in [0.717, 1.165) is 37.7 Å². The van der Waals surface area contributed by atoms with Crippen molar-refractivity contribution in [3.63, 3.8) is 0 Å². The molecule has 0 radical (unpaired) electrons. The van der Waals surface area contributed by atoms with Crippen molar-refractivity contribution in [3.05, 3.63) is 11.4 Å². The van der Waals surface area contributed by atoms with Crippen molar-refractivity contribution in [1.82, 2.24) is 25.2 Å². The molecule has 1 aromatic heterocycles. The zero-order valence-corrected chi connectivity index (χ0v) is 11.2. The molecule has 5 heteroatoms.